The van der Waals surface area contributed by atoms with Gasteiger partial charge in [0.25, 0.3) is 5.91 Å². The lowest BCUT2D eigenvalue weighted by Crippen LogP contribution is -2.48. The summed E-state index contributed by atoms with van der Waals surface area (Å²) in [6, 6.07) is 10.7. The van der Waals surface area contributed by atoms with Crippen molar-refractivity contribution in [3.8, 4) is 11.1 Å². The number of pyridine rings is 1. The number of halogens is 2. The van der Waals surface area contributed by atoms with Gasteiger partial charge in [-0.3, -0.25) is 9.80 Å². The summed E-state index contributed by atoms with van der Waals surface area (Å²) in [6.45, 7) is 0.484. The molecule has 0 bridgehead atoms. The van der Waals surface area contributed by atoms with E-state index in [0.29, 0.717) is 24.3 Å². The molecule has 0 aliphatic carbocycles. The molecule has 0 spiro atoms. The quantitative estimate of drug-likeness (QED) is 0.421. The first-order chi connectivity index (χ1) is 14.5. The van der Waals surface area contributed by atoms with Crippen LogP contribution >= 0.6 is 15.9 Å². The van der Waals surface area contributed by atoms with Gasteiger partial charge in [0.2, 0.25) is 5.95 Å². The van der Waals surface area contributed by atoms with E-state index in [1.807, 2.05) is 30.3 Å². The van der Waals surface area contributed by atoms with E-state index in [4.69, 9.17) is 0 Å². The molecule has 150 valence electrons. The number of hydrogen-bond donors (Lipinski definition) is 0. The summed E-state index contributed by atoms with van der Waals surface area (Å²) in [5.41, 5.74) is 4.59. The molecule has 1 aliphatic rings. The Hall–Kier alpha value is -3.33. The first kappa shape index (κ1) is 18.7. The van der Waals surface area contributed by atoms with Crippen LogP contribution in [-0.2, 0) is 6.42 Å². The number of fused-ring (bicyclic) bond motifs is 2. The molecule has 7 nitrogen and oxygen atoms in total. The maximum absolute atomic E-state index is 13.6. The highest BCUT2D eigenvalue weighted by atomic mass is 79.9. The van der Waals surface area contributed by atoms with Crippen LogP contribution in [0.2, 0.25) is 0 Å². The van der Waals surface area contributed by atoms with E-state index < -0.39 is 5.95 Å². The maximum atomic E-state index is 13.6. The van der Waals surface area contributed by atoms with Crippen molar-refractivity contribution in [1.29, 1.82) is 0 Å². The van der Waals surface area contributed by atoms with Crippen LogP contribution in [0.1, 0.15) is 16.1 Å². The molecule has 0 fully saturated rings. The third-order valence-corrected chi connectivity index (χ3v) is 5.62. The number of rotatable bonds is 2. The topological polar surface area (TPSA) is 66.6 Å². The van der Waals surface area contributed by atoms with E-state index >= 15 is 0 Å². The Morgan fingerprint density at radius 3 is 2.90 bits per heavy atom. The van der Waals surface area contributed by atoms with Crippen LogP contribution in [0.15, 0.2) is 59.5 Å². The van der Waals surface area contributed by atoms with Gasteiger partial charge in [-0.1, -0.05) is 12.1 Å². The van der Waals surface area contributed by atoms with Crippen LogP contribution in [0.4, 0.5) is 10.1 Å². The second-order valence-electron chi connectivity index (χ2n) is 6.98. The summed E-state index contributed by atoms with van der Waals surface area (Å²) >= 11 is 3.36. The van der Waals surface area contributed by atoms with E-state index in [9.17, 15) is 9.18 Å². The lowest BCUT2D eigenvalue weighted by Gasteiger charge is -2.39. The normalized spacial score (nSPS) is 13.6. The Morgan fingerprint density at radius 2 is 2.07 bits per heavy atom. The fourth-order valence-electron chi connectivity index (χ4n) is 3.81. The van der Waals surface area contributed by atoms with Crippen molar-refractivity contribution in [2.45, 2.75) is 6.42 Å². The SMILES string of the molecule is CN1c2cccc(-c3ccnc(F)c3)c2CCN1C(=O)c1cc2ncc(Br)cn2n1. The fourth-order valence-corrected chi connectivity index (χ4v) is 4.10. The maximum Gasteiger partial charge on any atom is 0.292 e. The Balaban J connectivity index is 1.49. The van der Waals surface area contributed by atoms with Gasteiger partial charge in [0.1, 0.15) is 0 Å². The smallest absolute Gasteiger partial charge is 0.285 e. The Kier molecular flexibility index (Phi) is 4.47. The van der Waals surface area contributed by atoms with Crippen LogP contribution in [0.5, 0.6) is 0 Å². The second kappa shape index (κ2) is 7.17. The molecule has 0 N–H and O–H groups in total. The van der Waals surface area contributed by atoms with Crippen molar-refractivity contribution in [1.82, 2.24) is 24.6 Å². The predicted molar refractivity (Wildman–Crippen MR) is 113 cm³/mol. The molecule has 1 aliphatic heterocycles. The van der Waals surface area contributed by atoms with Crippen LogP contribution in [0, 0.1) is 5.95 Å². The standard InChI is InChI=1S/C21H16BrFN6O/c1-27-18-4-2-3-15(13-5-7-24-19(23)9-13)16(18)6-8-29(27)21(30)17-10-20-25-11-14(22)12-28(20)26-17/h2-5,7,9-12H,6,8H2,1H3. The molecule has 3 aromatic heterocycles. The number of hydrogen-bond acceptors (Lipinski definition) is 5. The van der Waals surface area contributed by atoms with E-state index in [2.05, 4.69) is 31.0 Å². The number of carbonyl (C=O) groups is 1. The van der Waals surface area contributed by atoms with Crippen molar-refractivity contribution in [3.63, 3.8) is 0 Å². The van der Waals surface area contributed by atoms with Gasteiger partial charge in [0.05, 0.1) is 10.2 Å². The number of benzene rings is 1. The van der Waals surface area contributed by atoms with Gasteiger partial charge in [0, 0.05) is 44.3 Å². The molecular weight excluding hydrogens is 451 g/mol. The molecule has 4 aromatic rings. The molecule has 0 saturated heterocycles. The summed E-state index contributed by atoms with van der Waals surface area (Å²) in [5.74, 6) is -0.719. The third-order valence-electron chi connectivity index (χ3n) is 5.21. The molecule has 4 heterocycles. The molecule has 0 atom stereocenters. The number of amides is 1. The summed E-state index contributed by atoms with van der Waals surface area (Å²) in [6.07, 6.45) is 5.53. The Labute approximate surface area is 179 Å². The van der Waals surface area contributed by atoms with Gasteiger partial charge in [-0.05, 0) is 51.2 Å². The van der Waals surface area contributed by atoms with Crippen LogP contribution in [-0.4, -0.2) is 44.1 Å². The number of nitrogens with zero attached hydrogens (tertiary/aromatic N) is 6. The zero-order valence-corrected chi connectivity index (χ0v) is 17.5. The van der Waals surface area contributed by atoms with E-state index in [1.165, 1.54) is 12.3 Å². The largest absolute Gasteiger partial charge is 0.292 e. The number of hydrazine groups is 1. The van der Waals surface area contributed by atoms with Gasteiger partial charge in [-0.2, -0.15) is 9.49 Å². The van der Waals surface area contributed by atoms with Crippen LogP contribution < -0.4 is 5.01 Å². The minimum absolute atomic E-state index is 0.204. The molecule has 0 unspecified atom stereocenters. The highest BCUT2D eigenvalue weighted by Crippen LogP contribution is 2.35. The number of carbonyl (C=O) groups excluding carboxylic acids is 1. The molecule has 9 heteroatoms. The molecule has 30 heavy (non-hydrogen) atoms. The molecule has 1 amide bonds. The summed E-state index contributed by atoms with van der Waals surface area (Å²) in [4.78, 5) is 21.1. The molecule has 0 radical (unpaired) electrons. The lowest BCUT2D eigenvalue weighted by molar-refractivity contribution is 0.0732. The van der Waals surface area contributed by atoms with E-state index in [0.717, 1.165) is 26.9 Å². The van der Waals surface area contributed by atoms with Gasteiger partial charge in [-0.25, -0.2) is 19.5 Å². The van der Waals surface area contributed by atoms with Crippen molar-refractivity contribution < 1.29 is 9.18 Å². The second-order valence-corrected chi connectivity index (χ2v) is 7.89. The highest BCUT2D eigenvalue weighted by Gasteiger charge is 2.29. The Morgan fingerprint density at radius 1 is 1.20 bits per heavy atom. The van der Waals surface area contributed by atoms with Gasteiger partial charge >= 0.3 is 0 Å². The minimum Gasteiger partial charge on any atom is -0.285 e. The van der Waals surface area contributed by atoms with Crippen molar-refractivity contribution in [3.05, 3.63) is 76.7 Å². The molecule has 0 saturated carbocycles. The molecule has 5 rings (SSSR count). The lowest BCUT2D eigenvalue weighted by atomic mass is 9.95. The van der Waals surface area contributed by atoms with Crippen LogP contribution in [0.25, 0.3) is 16.8 Å². The number of anilines is 1. The van der Waals surface area contributed by atoms with Gasteiger partial charge in [0.15, 0.2) is 11.3 Å². The predicted octanol–water partition coefficient (Wildman–Crippen LogP) is 3.74. The fraction of sp³-hybridized carbons (Fsp3) is 0.143. The molecule has 1 aromatic carbocycles. The van der Waals surface area contributed by atoms with E-state index in [1.54, 1.807) is 34.1 Å². The monoisotopic (exact) mass is 466 g/mol. The van der Waals surface area contributed by atoms with Crippen molar-refractivity contribution in [2.75, 3.05) is 18.6 Å². The average Bonchev–Trinajstić information content (AvgIpc) is 3.16. The van der Waals surface area contributed by atoms with Crippen LogP contribution in [0.3, 0.4) is 0 Å². The zero-order valence-electron chi connectivity index (χ0n) is 16.0. The minimum atomic E-state index is -0.516. The first-order valence-electron chi connectivity index (χ1n) is 9.31. The number of aromatic nitrogens is 4. The third kappa shape index (κ3) is 3.11. The molecular formula is C21H16BrFN6O. The van der Waals surface area contributed by atoms with Crippen molar-refractivity contribution >= 4 is 33.2 Å². The Bertz CT molecular complexity index is 1290. The highest BCUT2D eigenvalue weighted by molar-refractivity contribution is 9.10. The first-order valence-corrected chi connectivity index (χ1v) is 10.1. The summed E-state index contributed by atoms with van der Waals surface area (Å²) in [5, 5.41) is 7.86. The zero-order chi connectivity index (χ0) is 20.8. The van der Waals surface area contributed by atoms with Gasteiger partial charge in [-0.15, -0.1) is 0 Å². The van der Waals surface area contributed by atoms with Gasteiger partial charge < -0.3 is 0 Å². The van der Waals surface area contributed by atoms with E-state index in [-0.39, 0.29) is 5.91 Å². The van der Waals surface area contributed by atoms with Crippen molar-refractivity contribution in [2.24, 2.45) is 0 Å². The summed E-state index contributed by atoms with van der Waals surface area (Å²) in [7, 11) is 1.84. The summed E-state index contributed by atoms with van der Waals surface area (Å²) < 4.78 is 16.0. The average molecular weight is 467 g/mol.